The van der Waals surface area contributed by atoms with Crippen LogP contribution in [0, 0.1) is 0 Å². The summed E-state index contributed by atoms with van der Waals surface area (Å²) in [5.74, 6) is -0.366. The highest BCUT2D eigenvalue weighted by atomic mass is 32.2. The quantitative estimate of drug-likeness (QED) is 0.586. The third-order valence-electron chi connectivity index (χ3n) is 1.85. The monoisotopic (exact) mass is 274 g/mol. The number of hydrogen-bond donors (Lipinski definition) is 2. The van der Waals surface area contributed by atoms with E-state index in [-0.39, 0.29) is 11.7 Å². The Balaban J connectivity index is 2.22. The second-order valence-corrected chi connectivity index (χ2v) is 6.07. The van der Waals surface area contributed by atoms with Crippen molar-refractivity contribution in [3.63, 3.8) is 0 Å². The first kappa shape index (κ1) is 13.9. The molecular formula is C10H14N2O3S2. The third kappa shape index (κ3) is 6.88. The summed E-state index contributed by atoms with van der Waals surface area (Å²) in [5, 5.41) is 9.32. The SMILES string of the molecule is NS(=O)(=O)CCCNC(=O)/C=C/c1cccs1. The summed E-state index contributed by atoms with van der Waals surface area (Å²) in [4.78, 5) is 12.3. The lowest BCUT2D eigenvalue weighted by Gasteiger charge is -2.00. The van der Waals surface area contributed by atoms with E-state index in [1.807, 2.05) is 17.5 Å². The topological polar surface area (TPSA) is 89.3 Å². The molecule has 1 amide bonds. The van der Waals surface area contributed by atoms with Crippen molar-refractivity contribution in [1.29, 1.82) is 0 Å². The van der Waals surface area contributed by atoms with Crippen molar-refractivity contribution in [1.82, 2.24) is 5.32 Å². The number of rotatable bonds is 6. The van der Waals surface area contributed by atoms with Gasteiger partial charge in [-0.05, 0) is 23.9 Å². The van der Waals surface area contributed by atoms with Crippen LogP contribution in [0.5, 0.6) is 0 Å². The van der Waals surface area contributed by atoms with Crippen molar-refractivity contribution in [3.05, 3.63) is 28.5 Å². The van der Waals surface area contributed by atoms with Gasteiger partial charge in [0.25, 0.3) is 0 Å². The van der Waals surface area contributed by atoms with Crippen molar-refractivity contribution in [2.75, 3.05) is 12.3 Å². The van der Waals surface area contributed by atoms with Crippen molar-refractivity contribution >= 4 is 33.3 Å². The number of primary sulfonamides is 1. The van der Waals surface area contributed by atoms with Crippen LogP contribution in [0.2, 0.25) is 0 Å². The average Bonchev–Trinajstić information content (AvgIpc) is 2.73. The van der Waals surface area contributed by atoms with Crippen LogP contribution < -0.4 is 10.5 Å². The number of hydrogen-bond acceptors (Lipinski definition) is 4. The van der Waals surface area contributed by atoms with Crippen LogP contribution in [0.25, 0.3) is 6.08 Å². The van der Waals surface area contributed by atoms with E-state index in [9.17, 15) is 13.2 Å². The highest BCUT2D eigenvalue weighted by Gasteiger charge is 2.02. The molecule has 7 heteroatoms. The maximum atomic E-state index is 11.3. The smallest absolute Gasteiger partial charge is 0.244 e. The van der Waals surface area contributed by atoms with Crippen LogP contribution in [-0.4, -0.2) is 26.6 Å². The highest BCUT2D eigenvalue weighted by Crippen LogP contribution is 2.09. The van der Waals surface area contributed by atoms with Crippen LogP contribution in [0.3, 0.4) is 0 Å². The second-order valence-electron chi connectivity index (χ2n) is 3.36. The fourth-order valence-corrected chi connectivity index (χ4v) is 2.25. The van der Waals surface area contributed by atoms with E-state index < -0.39 is 10.0 Å². The van der Waals surface area contributed by atoms with Gasteiger partial charge < -0.3 is 5.32 Å². The Morgan fingerprint density at radius 2 is 2.29 bits per heavy atom. The molecule has 0 radical (unpaired) electrons. The molecule has 5 nitrogen and oxygen atoms in total. The molecule has 0 unspecified atom stereocenters. The van der Waals surface area contributed by atoms with Gasteiger partial charge in [0.05, 0.1) is 5.75 Å². The molecule has 3 N–H and O–H groups in total. The van der Waals surface area contributed by atoms with E-state index in [4.69, 9.17) is 5.14 Å². The lowest BCUT2D eigenvalue weighted by Crippen LogP contribution is -2.25. The van der Waals surface area contributed by atoms with Gasteiger partial charge in [-0.2, -0.15) is 0 Å². The Morgan fingerprint density at radius 1 is 1.53 bits per heavy atom. The Bertz CT molecular complexity index is 478. The van der Waals surface area contributed by atoms with Gasteiger partial charge in [0.15, 0.2) is 0 Å². The molecule has 0 saturated carbocycles. The molecule has 0 saturated heterocycles. The number of carbonyl (C=O) groups is 1. The minimum atomic E-state index is -3.44. The van der Waals surface area contributed by atoms with Gasteiger partial charge in [-0.3, -0.25) is 4.79 Å². The summed E-state index contributed by atoms with van der Waals surface area (Å²) in [6.07, 6.45) is 3.44. The first-order valence-electron chi connectivity index (χ1n) is 4.97. The molecule has 1 aromatic heterocycles. The molecule has 94 valence electrons. The van der Waals surface area contributed by atoms with E-state index in [1.54, 1.807) is 6.08 Å². The van der Waals surface area contributed by atoms with E-state index in [0.29, 0.717) is 13.0 Å². The maximum Gasteiger partial charge on any atom is 0.244 e. The molecular weight excluding hydrogens is 260 g/mol. The summed E-state index contributed by atoms with van der Waals surface area (Å²) >= 11 is 1.53. The lowest BCUT2D eigenvalue weighted by atomic mass is 10.4. The van der Waals surface area contributed by atoms with Crippen molar-refractivity contribution in [2.45, 2.75) is 6.42 Å². The van der Waals surface area contributed by atoms with Crippen LogP contribution in [0.4, 0.5) is 0 Å². The maximum absolute atomic E-state index is 11.3. The number of nitrogens with two attached hydrogens (primary N) is 1. The molecule has 1 aromatic rings. The zero-order valence-electron chi connectivity index (χ0n) is 9.13. The molecule has 0 atom stereocenters. The van der Waals surface area contributed by atoms with E-state index in [0.717, 1.165) is 4.88 Å². The largest absolute Gasteiger partial charge is 0.353 e. The zero-order valence-corrected chi connectivity index (χ0v) is 10.8. The third-order valence-corrected chi connectivity index (χ3v) is 3.54. The molecule has 1 heterocycles. The minimum absolute atomic E-state index is 0.123. The average molecular weight is 274 g/mol. The number of sulfonamides is 1. The van der Waals surface area contributed by atoms with Crippen LogP contribution >= 0.6 is 11.3 Å². The Morgan fingerprint density at radius 3 is 2.88 bits per heavy atom. The molecule has 1 rings (SSSR count). The molecule has 0 fully saturated rings. The first-order valence-corrected chi connectivity index (χ1v) is 7.57. The molecule has 0 aliphatic heterocycles. The first-order chi connectivity index (χ1) is 7.97. The molecule has 17 heavy (non-hydrogen) atoms. The molecule has 0 aliphatic rings. The molecule has 0 aromatic carbocycles. The van der Waals surface area contributed by atoms with E-state index in [2.05, 4.69) is 5.32 Å². The highest BCUT2D eigenvalue weighted by molar-refractivity contribution is 7.89. The van der Waals surface area contributed by atoms with Crippen LogP contribution in [-0.2, 0) is 14.8 Å². The number of nitrogens with one attached hydrogen (secondary N) is 1. The predicted octanol–water partition coefficient (Wildman–Crippen LogP) is 0.556. The number of thiophene rings is 1. The van der Waals surface area contributed by atoms with Crippen molar-refractivity contribution in [2.24, 2.45) is 5.14 Å². The van der Waals surface area contributed by atoms with Crippen molar-refractivity contribution < 1.29 is 13.2 Å². The zero-order chi connectivity index (χ0) is 12.7. The summed E-state index contributed by atoms with van der Waals surface area (Å²) < 4.78 is 21.2. The fourth-order valence-electron chi connectivity index (χ4n) is 1.09. The lowest BCUT2D eigenvalue weighted by molar-refractivity contribution is -0.116. The Kier molecular flexibility index (Phi) is 5.33. The van der Waals surface area contributed by atoms with E-state index >= 15 is 0 Å². The van der Waals surface area contributed by atoms with Gasteiger partial charge in [-0.15, -0.1) is 11.3 Å². The minimum Gasteiger partial charge on any atom is -0.353 e. The summed E-state index contributed by atoms with van der Waals surface area (Å²) in [7, 11) is -3.44. The molecule has 0 aliphatic carbocycles. The summed E-state index contributed by atoms with van der Waals surface area (Å²) in [5.41, 5.74) is 0. The fraction of sp³-hybridized carbons (Fsp3) is 0.300. The van der Waals surface area contributed by atoms with Gasteiger partial charge >= 0.3 is 0 Å². The van der Waals surface area contributed by atoms with Gasteiger partial charge in [-0.25, -0.2) is 13.6 Å². The standard InChI is InChI=1S/C10H14N2O3S2/c11-17(14,15)8-2-6-12-10(13)5-4-9-3-1-7-16-9/h1,3-5,7H,2,6,8H2,(H,12,13)(H2,11,14,15)/b5-4+. The molecule has 0 bridgehead atoms. The van der Waals surface area contributed by atoms with Crippen LogP contribution in [0.1, 0.15) is 11.3 Å². The van der Waals surface area contributed by atoms with Gasteiger partial charge in [-0.1, -0.05) is 6.07 Å². The Hall–Kier alpha value is -1.18. The van der Waals surface area contributed by atoms with Gasteiger partial charge in [0.2, 0.25) is 15.9 Å². The van der Waals surface area contributed by atoms with Crippen LogP contribution in [0.15, 0.2) is 23.6 Å². The van der Waals surface area contributed by atoms with E-state index in [1.165, 1.54) is 17.4 Å². The Labute approximate surface area is 104 Å². The normalized spacial score (nSPS) is 11.8. The van der Waals surface area contributed by atoms with Gasteiger partial charge in [0, 0.05) is 17.5 Å². The predicted molar refractivity (Wildman–Crippen MR) is 69.0 cm³/mol. The van der Waals surface area contributed by atoms with Gasteiger partial charge in [0.1, 0.15) is 0 Å². The summed E-state index contributed by atoms with van der Waals surface area (Å²) in [6, 6.07) is 3.80. The number of amides is 1. The number of carbonyl (C=O) groups excluding carboxylic acids is 1. The second kappa shape index (κ2) is 6.53. The van der Waals surface area contributed by atoms with Crippen molar-refractivity contribution in [3.8, 4) is 0 Å². The molecule has 0 spiro atoms. The summed E-state index contributed by atoms with van der Waals surface area (Å²) in [6.45, 7) is 0.296.